The van der Waals surface area contributed by atoms with Crippen LogP contribution in [0.2, 0.25) is 5.02 Å². The molecule has 3 rings (SSSR count). The molecule has 2 heterocycles. The molecule has 0 radical (unpaired) electrons. The van der Waals surface area contributed by atoms with Crippen LogP contribution in [-0.4, -0.2) is 28.4 Å². The maximum Gasteiger partial charge on any atom is 0.270 e. The molecule has 0 unspecified atom stereocenters. The standard InChI is InChI=1S/C17H13ClN2O2S2/c1-2-19-15(21)14(9-11-7-8-24-10-11)16(22)20(17(19)23)13-5-3-12(18)4-6-13/h3-10H,2H2,1H3. The number of benzene rings is 1. The normalized spacial score (nSPS) is 17.1. The third-order valence-electron chi connectivity index (χ3n) is 3.59. The first-order chi connectivity index (χ1) is 11.5. The first-order valence-corrected chi connectivity index (χ1v) is 8.95. The Hall–Kier alpha value is -2.02. The van der Waals surface area contributed by atoms with Gasteiger partial charge in [-0.3, -0.25) is 19.4 Å². The molecule has 122 valence electrons. The van der Waals surface area contributed by atoms with Crippen LogP contribution in [-0.2, 0) is 9.59 Å². The molecule has 1 saturated heterocycles. The maximum absolute atomic E-state index is 12.9. The van der Waals surface area contributed by atoms with E-state index in [4.69, 9.17) is 23.8 Å². The lowest BCUT2D eigenvalue weighted by molar-refractivity contribution is -0.127. The lowest BCUT2D eigenvalue weighted by Gasteiger charge is -2.36. The van der Waals surface area contributed by atoms with E-state index in [-0.39, 0.29) is 16.6 Å². The molecule has 1 aromatic carbocycles. The average molecular weight is 377 g/mol. The molecular formula is C17H13ClN2O2S2. The minimum absolute atomic E-state index is 0.0961. The van der Waals surface area contributed by atoms with Gasteiger partial charge < -0.3 is 0 Å². The largest absolute Gasteiger partial charge is 0.285 e. The predicted octanol–water partition coefficient (Wildman–Crippen LogP) is 3.97. The lowest BCUT2D eigenvalue weighted by Crippen LogP contribution is -2.56. The highest BCUT2D eigenvalue weighted by molar-refractivity contribution is 7.80. The average Bonchev–Trinajstić information content (AvgIpc) is 3.07. The number of halogens is 1. The van der Waals surface area contributed by atoms with Gasteiger partial charge in [0.2, 0.25) is 0 Å². The second-order valence-electron chi connectivity index (χ2n) is 5.06. The highest BCUT2D eigenvalue weighted by Gasteiger charge is 2.39. The second-order valence-corrected chi connectivity index (χ2v) is 6.65. The Bertz CT molecular complexity index is 829. The molecule has 1 aliphatic heterocycles. The molecule has 0 bridgehead atoms. The Balaban J connectivity index is 2.08. The Morgan fingerprint density at radius 1 is 1.17 bits per heavy atom. The molecule has 0 atom stereocenters. The molecule has 7 heteroatoms. The van der Waals surface area contributed by atoms with Crippen LogP contribution in [0.15, 0.2) is 46.7 Å². The van der Waals surface area contributed by atoms with Crippen molar-refractivity contribution in [2.24, 2.45) is 0 Å². The zero-order valence-electron chi connectivity index (χ0n) is 12.7. The van der Waals surface area contributed by atoms with Crippen LogP contribution in [0.25, 0.3) is 6.08 Å². The maximum atomic E-state index is 12.9. The van der Waals surface area contributed by atoms with E-state index in [1.54, 1.807) is 30.3 Å². The van der Waals surface area contributed by atoms with E-state index in [1.165, 1.54) is 21.1 Å². The number of thiocarbonyl (C=S) groups is 1. The van der Waals surface area contributed by atoms with Gasteiger partial charge in [0, 0.05) is 11.6 Å². The highest BCUT2D eigenvalue weighted by Crippen LogP contribution is 2.27. The van der Waals surface area contributed by atoms with Gasteiger partial charge in [-0.1, -0.05) is 11.6 Å². The Morgan fingerprint density at radius 3 is 2.46 bits per heavy atom. The fourth-order valence-electron chi connectivity index (χ4n) is 2.40. The number of likely N-dealkylation sites (N-methyl/N-ethyl adjacent to an activating group) is 1. The summed E-state index contributed by atoms with van der Waals surface area (Å²) >= 11 is 12.8. The number of hydrogen-bond donors (Lipinski definition) is 0. The van der Waals surface area contributed by atoms with Crippen molar-refractivity contribution in [2.45, 2.75) is 6.92 Å². The third-order valence-corrected chi connectivity index (χ3v) is 4.94. The van der Waals surface area contributed by atoms with Gasteiger partial charge in [-0.05, 0) is 71.9 Å². The quantitative estimate of drug-likeness (QED) is 0.462. The molecule has 0 N–H and O–H groups in total. The minimum Gasteiger partial charge on any atom is -0.285 e. The first kappa shape index (κ1) is 16.8. The van der Waals surface area contributed by atoms with Crippen molar-refractivity contribution < 1.29 is 9.59 Å². The van der Waals surface area contributed by atoms with Crippen LogP contribution in [0.3, 0.4) is 0 Å². The van der Waals surface area contributed by atoms with Crippen molar-refractivity contribution in [2.75, 3.05) is 11.4 Å². The molecule has 1 aliphatic rings. The van der Waals surface area contributed by atoms with E-state index in [1.807, 2.05) is 23.8 Å². The number of anilines is 1. The van der Waals surface area contributed by atoms with Crippen LogP contribution in [0.4, 0.5) is 5.69 Å². The lowest BCUT2D eigenvalue weighted by atomic mass is 10.1. The highest BCUT2D eigenvalue weighted by atomic mass is 35.5. The van der Waals surface area contributed by atoms with Gasteiger partial charge in [-0.25, -0.2) is 0 Å². The number of amides is 2. The van der Waals surface area contributed by atoms with Crippen LogP contribution in [0.5, 0.6) is 0 Å². The van der Waals surface area contributed by atoms with Crippen molar-refractivity contribution >= 4 is 63.8 Å². The zero-order chi connectivity index (χ0) is 17.3. The summed E-state index contributed by atoms with van der Waals surface area (Å²) in [6, 6.07) is 8.63. The fraction of sp³-hybridized carbons (Fsp3) is 0.118. The van der Waals surface area contributed by atoms with Crippen molar-refractivity contribution in [1.82, 2.24) is 4.90 Å². The van der Waals surface area contributed by atoms with Gasteiger partial charge >= 0.3 is 0 Å². The summed E-state index contributed by atoms with van der Waals surface area (Å²) in [4.78, 5) is 28.3. The van der Waals surface area contributed by atoms with Crippen LogP contribution in [0, 0.1) is 0 Å². The molecule has 4 nitrogen and oxygen atoms in total. The molecule has 0 saturated carbocycles. The number of hydrogen-bond acceptors (Lipinski definition) is 4. The predicted molar refractivity (Wildman–Crippen MR) is 101 cm³/mol. The third kappa shape index (κ3) is 3.00. The number of carbonyl (C=O) groups excluding carboxylic acids is 2. The van der Waals surface area contributed by atoms with Crippen LogP contribution < -0.4 is 4.90 Å². The van der Waals surface area contributed by atoms with Gasteiger partial charge in [0.1, 0.15) is 5.57 Å². The second kappa shape index (κ2) is 6.84. The van der Waals surface area contributed by atoms with E-state index in [2.05, 4.69) is 0 Å². The molecule has 1 fully saturated rings. The summed E-state index contributed by atoms with van der Waals surface area (Å²) in [5.74, 6) is -0.799. The summed E-state index contributed by atoms with van der Waals surface area (Å²) in [6.45, 7) is 2.21. The molecule has 2 amide bonds. The number of rotatable bonds is 3. The summed E-state index contributed by atoms with van der Waals surface area (Å²) < 4.78 is 0. The Kier molecular flexibility index (Phi) is 4.80. The fourth-order valence-corrected chi connectivity index (χ4v) is 3.54. The van der Waals surface area contributed by atoms with Gasteiger partial charge in [0.15, 0.2) is 5.11 Å². The van der Waals surface area contributed by atoms with E-state index < -0.39 is 5.91 Å². The van der Waals surface area contributed by atoms with Crippen molar-refractivity contribution in [1.29, 1.82) is 0 Å². The topological polar surface area (TPSA) is 40.6 Å². The molecular weight excluding hydrogens is 364 g/mol. The van der Waals surface area contributed by atoms with Crippen molar-refractivity contribution in [3.63, 3.8) is 0 Å². The van der Waals surface area contributed by atoms with Crippen LogP contribution in [0.1, 0.15) is 12.5 Å². The van der Waals surface area contributed by atoms with E-state index >= 15 is 0 Å². The monoisotopic (exact) mass is 376 g/mol. The summed E-state index contributed by atoms with van der Waals surface area (Å²) in [7, 11) is 0. The number of carbonyl (C=O) groups is 2. The molecule has 24 heavy (non-hydrogen) atoms. The minimum atomic E-state index is -0.428. The van der Waals surface area contributed by atoms with Gasteiger partial charge in [-0.15, -0.1) is 0 Å². The summed E-state index contributed by atoms with van der Waals surface area (Å²) in [5, 5.41) is 4.51. The van der Waals surface area contributed by atoms with E-state index in [0.717, 1.165) is 5.56 Å². The molecule has 1 aromatic heterocycles. The van der Waals surface area contributed by atoms with Gasteiger partial charge in [0.05, 0.1) is 5.69 Å². The van der Waals surface area contributed by atoms with Crippen molar-refractivity contribution in [3.8, 4) is 0 Å². The molecule has 2 aromatic rings. The Morgan fingerprint density at radius 2 is 1.88 bits per heavy atom. The van der Waals surface area contributed by atoms with Crippen LogP contribution >= 0.6 is 35.2 Å². The van der Waals surface area contributed by atoms with Crippen molar-refractivity contribution in [3.05, 3.63) is 57.3 Å². The Labute approximate surface area is 153 Å². The van der Waals surface area contributed by atoms with Gasteiger partial charge in [-0.2, -0.15) is 11.3 Å². The zero-order valence-corrected chi connectivity index (χ0v) is 15.1. The molecule has 0 aliphatic carbocycles. The first-order valence-electron chi connectivity index (χ1n) is 7.22. The van der Waals surface area contributed by atoms with E-state index in [9.17, 15) is 9.59 Å². The number of thiophene rings is 1. The summed E-state index contributed by atoms with van der Waals surface area (Å²) in [5.41, 5.74) is 1.49. The smallest absolute Gasteiger partial charge is 0.270 e. The van der Waals surface area contributed by atoms with Gasteiger partial charge in [0.25, 0.3) is 11.8 Å². The summed E-state index contributed by atoms with van der Waals surface area (Å²) in [6.07, 6.45) is 1.61. The molecule has 0 spiro atoms. The number of nitrogens with zero attached hydrogens (tertiary/aromatic N) is 2. The van der Waals surface area contributed by atoms with E-state index in [0.29, 0.717) is 17.3 Å². The SMILES string of the molecule is CCN1C(=O)C(=Cc2ccsc2)C(=O)N(c2ccc(Cl)cc2)C1=S.